The lowest BCUT2D eigenvalue weighted by atomic mass is 10.1. The van der Waals surface area contributed by atoms with E-state index in [9.17, 15) is 4.79 Å². The van der Waals surface area contributed by atoms with Crippen molar-refractivity contribution in [1.82, 2.24) is 4.90 Å². The van der Waals surface area contributed by atoms with Gasteiger partial charge in [-0.3, -0.25) is 4.79 Å². The van der Waals surface area contributed by atoms with Gasteiger partial charge in [0.1, 0.15) is 0 Å². The van der Waals surface area contributed by atoms with E-state index in [4.69, 9.17) is 5.73 Å². The van der Waals surface area contributed by atoms with Gasteiger partial charge in [0.05, 0.1) is 0 Å². The fourth-order valence-electron chi connectivity index (χ4n) is 1.42. The number of aryl methyl sites for hydroxylation is 1. The summed E-state index contributed by atoms with van der Waals surface area (Å²) < 4.78 is 0. The third-order valence-electron chi connectivity index (χ3n) is 2.34. The smallest absolute Gasteiger partial charge is 0.219 e. The Bertz CT molecular complexity index is 319. The molecule has 3 heteroatoms. The summed E-state index contributed by atoms with van der Waals surface area (Å²) in [6.45, 7) is 9.39. The summed E-state index contributed by atoms with van der Waals surface area (Å²) in [5, 5.41) is 0. The Kier molecular flexibility index (Phi) is 8.07. The molecular formula is C14H24N2O. The van der Waals surface area contributed by atoms with Gasteiger partial charge in [0.25, 0.3) is 0 Å². The van der Waals surface area contributed by atoms with Gasteiger partial charge in [-0.25, -0.2) is 0 Å². The van der Waals surface area contributed by atoms with E-state index in [1.807, 2.05) is 32.9 Å². The molecule has 2 N–H and O–H groups in total. The van der Waals surface area contributed by atoms with Gasteiger partial charge in [0.15, 0.2) is 0 Å². The van der Waals surface area contributed by atoms with Crippen molar-refractivity contribution >= 4 is 5.91 Å². The van der Waals surface area contributed by atoms with Crippen LogP contribution >= 0.6 is 0 Å². The molecule has 0 radical (unpaired) electrons. The molecule has 0 aliphatic heterocycles. The van der Waals surface area contributed by atoms with Crippen LogP contribution in [0, 0.1) is 6.92 Å². The molecule has 17 heavy (non-hydrogen) atoms. The van der Waals surface area contributed by atoms with E-state index < -0.39 is 0 Å². The summed E-state index contributed by atoms with van der Waals surface area (Å²) in [6, 6.07) is 8.19. The Labute approximate surface area is 105 Å². The van der Waals surface area contributed by atoms with E-state index in [1.54, 1.807) is 11.8 Å². The molecule has 0 aromatic heterocycles. The van der Waals surface area contributed by atoms with Crippen molar-refractivity contribution in [3.8, 4) is 0 Å². The third kappa shape index (κ3) is 6.07. The molecule has 0 atom stereocenters. The van der Waals surface area contributed by atoms with Crippen molar-refractivity contribution in [1.29, 1.82) is 0 Å². The Balaban J connectivity index is 0.00000121. The number of amides is 1. The number of rotatable bonds is 4. The minimum absolute atomic E-state index is 0.0704. The molecule has 1 aromatic carbocycles. The van der Waals surface area contributed by atoms with Gasteiger partial charge in [-0.05, 0) is 12.5 Å². The molecule has 0 unspecified atom stereocenters. The fourth-order valence-corrected chi connectivity index (χ4v) is 1.42. The summed E-state index contributed by atoms with van der Waals surface area (Å²) >= 11 is 0. The van der Waals surface area contributed by atoms with E-state index in [2.05, 4.69) is 12.1 Å². The van der Waals surface area contributed by atoms with Crippen molar-refractivity contribution in [2.75, 3.05) is 13.1 Å². The van der Waals surface area contributed by atoms with Crippen molar-refractivity contribution in [2.24, 2.45) is 5.73 Å². The van der Waals surface area contributed by atoms with Crippen molar-refractivity contribution in [3.63, 3.8) is 0 Å². The predicted molar refractivity (Wildman–Crippen MR) is 72.7 cm³/mol. The molecular weight excluding hydrogens is 212 g/mol. The van der Waals surface area contributed by atoms with Gasteiger partial charge in [-0.15, -0.1) is 0 Å². The van der Waals surface area contributed by atoms with Crippen LogP contribution < -0.4 is 5.73 Å². The quantitative estimate of drug-likeness (QED) is 0.872. The van der Waals surface area contributed by atoms with Gasteiger partial charge in [-0.2, -0.15) is 0 Å². The number of benzene rings is 1. The molecule has 3 nitrogen and oxygen atoms in total. The van der Waals surface area contributed by atoms with Crippen LogP contribution in [0.1, 0.15) is 31.9 Å². The lowest BCUT2D eigenvalue weighted by Crippen LogP contribution is -2.33. The number of nitrogens with zero attached hydrogens (tertiary/aromatic N) is 1. The standard InChI is InChI=1S/C12H18N2O.C2H6/c1-10-3-5-12(6-4-10)9-14(8-7-13)11(2)15;1-2/h3-6H,7-9,13H2,1-2H3;1-2H3. The summed E-state index contributed by atoms with van der Waals surface area (Å²) in [5.74, 6) is 0.0704. The maximum atomic E-state index is 11.3. The molecule has 1 aromatic rings. The van der Waals surface area contributed by atoms with Crippen LogP contribution in [0.15, 0.2) is 24.3 Å². The van der Waals surface area contributed by atoms with E-state index in [1.165, 1.54) is 5.56 Å². The molecule has 0 bridgehead atoms. The van der Waals surface area contributed by atoms with Gasteiger partial charge in [-0.1, -0.05) is 43.7 Å². The lowest BCUT2D eigenvalue weighted by molar-refractivity contribution is -0.129. The minimum Gasteiger partial charge on any atom is -0.337 e. The van der Waals surface area contributed by atoms with Crippen LogP contribution in [-0.2, 0) is 11.3 Å². The van der Waals surface area contributed by atoms with Crippen LogP contribution in [0.25, 0.3) is 0 Å². The van der Waals surface area contributed by atoms with Gasteiger partial charge < -0.3 is 10.6 Å². The van der Waals surface area contributed by atoms with Crippen LogP contribution in [0.2, 0.25) is 0 Å². The highest BCUT2D eigenvalue weighted by Gasteiger charge is 2.07. The van der Waals surface area contributed by atoms with E-state index in [0.29, 0.717) is 19.6 Å². The Morgan fingerprint density at radius 1 is 1.24 bits per heavy atom. The highest BCUT2D eigenvalue weighted by Crippen LogP contribution is 2.06. The van der Waals surface area contributed by atoms with E-state index >= 15 is 0 Å². The zero-order valence-corrected chi connectivity index (χ0v) is 11.4. The number of carbonyl (C=O) groups excluding carboxylic acids is 1. The summed E-state index contributed by atoms with van der Waals surface area (Å²) in [5.41, 5.74) is 7.82. The summed E-state index contributed by atoms with van der Waals surface area (Å²) in [4.78, 5) is 13.0. The van der Waals surface area contributed by atoms with Crippen LogP contribution in [0.4, 0.5) is 0 Å². The van der Waals surface area contributed by atoms with Crippen LogP contribution in [-0.4, -0.2) is 23.9 Å². The molecule has 0 fully saturated rings. The monoisotopic (exact) mass is 236 g/mol. The molecule has 0 aliphatic rings. The Morgan fingerprint density at radius 2 is 1.76 bits per heavy atom. The summed E-state index contributed by atoms with van der Waals surface area (Å²) in [7, 11) is 0. The first-order valence-corrected chi connectivity index (χ1v) is 6.14. The van der Waals surface area contributed by atoms with Gasteiger partial charge in [0.2, 0.25) is 5.91 Å². The second kappa shape index (κ2) is 8.76. The topological polar surface area (TPSA) is 46.3 Å². The first-order chi connectivity index (χ1) is 8.13. The Hall–Kier alpha value is -1.35. The van der Waals surface area contributed by atoms with E-state index in [-0.39, 0.29) is 5.91 Å². The first-order valence-electron chi connectivity index (χ1n) is 6.14. The zero-order valence-electron chi connectivity index (χ0n) is 11.4. The molecule has 0 spiro atoms. The fraction of sp³-hybridized carbons (Fsp3) is 0.500. The average Bonchev–Trinajstić information content (AvgIpc) is 2.34. The van der Waals surface area contributed by atoms with Crippen molar-refractivity contribution in [2.45, 2.75) is 34.2 Å². The maximum Gasteiger partial charge on any atom is 0.219 e. The number of hydrogen-bond donors (Lipinski definition) is 1. The average molecular weight is 236 g/mol. The highest BCUT2D eigenvalue weighted by atomic mass is 16.2. The van der Waals surface area contributed by atoms with E-state index in [0.717, 1.165) is 5.56 Å². The number of carbonyl (C=O) groups is 1. The predicted octanol–water partition coefficient (Wildman–Crippen LogP) is 2.33. The molecule has 0 aliphatic carbocycles. The second-order valence-corrected chi connectivity index (χ2v) is 3.71. The summed E-state index contributed by atoms with van der Waals surface area (Å²) in [6.07, 6.45) is 0. The molecule has 1 rings (SSSR count). The van der Waals surface area contributed by atoms with Crippen LogP contribution in [0.3, 0.4) is 0 Å². The SMILES string of the molecule is CC.CC(=O)N(CCN)Cc1ccc(C)cc1. The van der Waals surface area contributed by atoms with Crippen molar-refractivity contribution < 1.29 is 4.79 Å². The molecule has 0 saturated carbocycles. The number of hydrogen-bond acceptors (Lipinski definition) is 2. The largest absolute Gasteiger partial charge is 0.337 e. The normalized spacial score (nSPS) is 9.24. The first kappa shape index (κ1) is 15.7. The molecule has 96 valence electrons. The van der Waals surface area contributed by atoms with Gasteiger partial charge >= 0.3 is 0 Å². The highest BCUT2D eigenvalue weighted by molar-refractivity contribution is 5.73. The molecule has 0 saturated heterocycles. The molecule has 0 heterocycles. The number of nitrogens with two attached hydrogens (primary N) is 1. The third-order valence-corrected chi connectivity index (χ3v) is 2.34. The lowest BCUT2D eigenvalue weighted by Gasteiger charge is -2.20. The van der Waals surface area contributed by atoms with Crippen molar-refractivity contribution in [3.05, 3.63) is 35.4 Å². The second-order valence-electron chi connectivity index (χ2n) is 3.71. The minimum atomic E-state index is 0.0704. The maximum absolute atomic E-state index is 11.3. The Morgan fingerprint density at radius 3 is 2.18 bits per heavy atom. The van der Waals surface area contributed by atoms with Crippen LogP contribution in [0.5, 0.6) is 0 Å². The molecule has 1 amide bonds. The zero-order chi connectivity index (χ0) is 13.3. The van der Waals surface area contributed by atoms with Gasteiger partial charge in [0, 0.05) is 26.6 Å².